The van der Waals surface area contributed by atoms with Gasteiger partial charge in [0.2, 0.25) is 11.8 Å². The van der Waals surface area contributed by atoms with Gasteiger partial charge in [-0.2, -0.15) is 0 Å². The van der Waals surface area contributed by atoms with E-state index in [1.807, 2.05) is 60.1 Å². The lowest BCUT2D eigenvalue weighted by molar-refractivity contribution is -0.189. The molecule has 242 valence electrons. The van der Waals surface area contributed by atoms with Crippen molar-refractivity contribution in [2.45, 2.75) is 38.6 Å². The summed E-state index contributed by atoms with van der Waals surface area (Å²) in [4.78, 5) is 57.9. The summed E-state index contributed by atoms with van der Waals surface area (Å²) in [7, 11) is 1.87. The van der Waals surface area contributed by atoms with Gasteiger partial charge in [0, 0.05) is 50.2 Å². The normalized spacial score (nSPS) is 18.4. The number of hydrogen-bond donors (Lipinski definition) is 2. The summed E-state index contributed by atoms with van der Waals surface area (Å²) in [6.07, 6.45) is 2.84. The van der Waals surface area contributed by atoms with Gasteiger partial charge in [0.15, 0.2) is 5.78 Å². The number of aryl methyl sites for hydroxylation is 1. The molecule has 0 unspecified atom stereocenters. The van der Waals surface area contributed by atoms with Crippen molar-refractivity contribution in [1.29, 1.82) is 0 Å². The van der Waals surface area contributed by atoms with Crippen LogP contribution in [0.1, 0.15) is 34.0 Å². The second-order valence-electron chi connectivity index (χ2n) is 12.0. The molecule has 11 nitrogen and oxygen atoms in total. The Balaban J connectivity index is 1.39. The molecule has 2 saturated heterocycles. The van der Waals surface area contributed by atoms with E-state index in [0.717, 1.165) is 27.6 Å². The third kappa shape index (κ3) is 6.22. The van der Waals surface area contributed by atoms with Crippen molar-refractivity contribution in [3.63, 3.8) is 0 Å². The molecule has 3 heterocycles. The molecule has 3 aromatic carbocycles. The number of piperazine rings is 1. The molecular weight excluding hydrogens is 596 g/mol. The fourth-order valence-electron chi connectivity index (χ4n) is 6.72. The SMILES string of the molecule is C=CCN1CC(=O)N2[C@@H](Cc3ccc(O)cc3)C(=O)N(Cc3cccc4c(C(C)=O)cn(C)c34)C[C@@H]2N1C(=O)NCc1ccccc1. The number of benzene rings is 3. The minimum Gasteiger partial charge on any atom is -0.508 e. The molecule has 1 aromatic heterocycles. The lowest BCUT2D eigenvalue weighted by Gasteiger charge is -2.55. The third-order valence-electron chi connectivity index (χ3n) is 8.86. The van der Waals surface area contributed by atoms with Gasteiger partial charge < -0.3 is 24.8 Å². The van der Waals surface area contributed by atoms with Gasteiger partial charge in [-0.1, -0.05) is 66.7 Å². The van der Waals surface area contributed by atoms with E-state index in [0.29, 0.717) is 5.56 Å². The molecule has 47 heavy (non-hydrogen) atoms. The molecule has 2 aliphatic heterocycles. The van der Waals surface area contributed by atoms with Crippen molar-refractivity contribution in [3.05, 3.63) is 114 Å². The summed E-state index contributed by atoms with van der Waals surface area (Å²) in [5, 5.41) is 16.9. The molecule has 0 radical (unpaired) electrons. The van der Waals surface area contributed by atoms with Gasteiger partial charge in [-0.25, -0.2) is 14.8 Å². The predicted molar refractivity (Wildman–Crippen MR) is 177 cm³/mol. The van der Waals surface area contributed by atoms with Crippen molar-refractivity contribution >= 4 is 34.5 Å². The summed E-state index contributed by atoms with van der Waals surface area (Å²) >= 11 is 0. The number of fused-ring (bicyclic) bond motifs is 2. The number of hydrazine groups is 1. The van der Waals surface area contributed by atoms with Crippen LogP contribution in [0.2, 0.25) is 0 Å². The van der Waals surface area contributed by atoms with Gasteiger partial charge in [-0.3, -0.25) is 14.4 Å². The Bertz CT molecular complexity index is 1840. The number of carbonyl (C=O) groups is 4. The molecule has 0 spiro atoms. The number of carbonyl (C=O) groups excluding carboxylic acids is 4. The van der Waals surface area contributed by atoms with Gasteiger partial charge in [0.05, 0.1) is 18.6 Å². The van der Waals surface area contributed by atoms with E-state index in [-0.39, 0.29) is 62.5 Å². The lowest BCUT2D eigenvalue weighted by atomic mass is 9.98. The first-order valence-electron chi connectivity index (χ1n) is 15.6. The lowest BCUT2D eigenvalue weighted by Crippen LogP contribution is -2.76. The van der Waals surface area contributed by atoms with Crippen LogP contribution in [0.5, 0.6) is 5.75 Å². The molecule has 0 bridgehead atoms. The van der Waals surface area contributed by atoms with Crippen LogP contribution in [0.15, 0.2) is 91.6 Å². The number of rotatable bonds is 9. The molecule has 2 aliphatic rings. The zero-order valence-corrected chi connectivity index (χ0v) is 26.5. The largest absolute Gasteiger partial charge is 0.508 e. The van der Waals surface area contributed by atoms with Crippen LogP contribution in [0.25, 0.3) is 10.9 Å². The predicted octanol–water partition coefficient (Wildman–Crippen LogP) is 3.82. The highest BCUT2D eigenvalue weighted by molar-refractivity contribution is 6.07. The highest BCUT2D eigenvalue weighted by atomic mass is 16.3. The van der Waals surface area contributed by atoms with E-state index < -0.39 is 18.2 Å². The Morgan fingerprint density at radius 1 is 1.00 bits per heavy atom. The maximum atomic E-state index is 14.4. The highest BCUT2D eigenvalue weighted by Crippen LogP contribution is 2.31. The minimum absolute atomic E-state index is 0.0495. The fraction of sp³-hybridized carbons (Fsp3) is 0.278. The number of nitrogens with zero attached hydrogens (tertiary/aromatic N) is 5. The fourth-order valence-corrected chi connectivity index (χ4v) is 6.72. The van der Waals surface area contributed by atoms with Crippen LogP contribution >= 0.6 is 0 Å². The number of phenols is 1. The Morgan fingerprint density at radius 3 is 2.45 bits per heavy atom. The molecule has 0 saturated carbocycles. The van der Waals surface area contributed by atoms with Gasteiger partial charge in [0.1, 0.15) is 18.0 Å². The van der Waals surface area contributed by atoms with E-state index in [1.165, 1.54) is 6.92 Å². The van der Waals surface area contributed by atoms with Crippen LogP contribution in [0.4, 0.5) is 4.79 Å². The van der Waals surface area contributed by atoms with Gasteiger partial charge in [0.25, 0.3) is 0 Å². The van der Waals surface area contributed by atoms with Gasteiger partial charge in [-0.15, -0.1) is 6.58 Å². The first-order chi connectivity index (χ1) is 22.7. The van der Waals surface area contributed by atoms with Gasteiger partial charge in [-0.05, 0) is 35.7 Å². The highest BCUT2D eigenvalue weighted by Gasteiger charge is 2.51. The average Bonchev–Trinajstić information content (AvgIpc) is 3.41. The topological polar surface area (TPSA) is 118 Å². The minimum atomic E-state index is -0.901. The second-order valence-corrected chi connectivity index (χ2v) is 12.0. The molecule has 2 fully saturated rings. The monoisotopic (exact) mass is 634 g/mol. The molecule has 11 heteroatoms. The van der Waals surface area contributed by atoms with Crippen LogP contribution in [0, 0.1) is 0 Å². The molecule has 2 atom stereocenters. The second kappa shape index (κ2) is 13.1. The molecule has 4 aromatic rings. The number of amides is 4. The summed E-state index contributed by atoms with van der Waals surface area (Å²) in [6.45, 7) is 6.09. The Labute approximate surface area is 273 Å². The Kier molecular flexibility index (Phi) is 8.82. The van der Waals surface area contributed by atoms with Crippen LogP contribution in [-0.4, -0.2) is 85.0 Å². The smallest absolute Gasteiger partial charge is 0.334 e. The summed E-state index contributed by atoms with van der Waals surface area (Å²) in [5.41, 5.74) is 3.97. The number of para-hydroxylation sites is 1. The number of aromatic nitrogens is 1. The maximum absolute atomic E-state index is 14.4. The summed E-state index contributed by atoms with van der Waals surface area (Å²) in [5.74, 6) is -0.468. The van der Waals surface area contributed by atoms with Crippen molar-refractivity contribution in [3.8, 4) is 5.75 Å². The number of phenolic OH excluding ortho intramolecular Hbond substituents is 1. The number of urea groups is 1. The number of aromatic hydroxyl groups is 1. The number of nitrogens with one attached hydrogen (secondary N) is 1. The number of ketones is 1. The van der Waals surface area contributed by atoms with E-state index in [2.05, 4.69) is 11.9 Å². The average molecular weight is 635 g/mol. The standard InChI is InChI=1S/C36H38N6O5/c1-4-17-40-23-33(45)41-31(18-25-13-15-28(44)16-14-25)35(46)39(20-27-11-8-12-29-30(24(2)43)21-38(3)34(27)29)22-32(41)42(40)36(47)37-19-26-9-6-5-7-10-26/h4-16,21,31-32,44H,1,17-20,22-23H2,2-3H3,(H,37,47)/t31-,32-/m0/s1. The van der Waals surface area contributed by atoms with E-state index in [9.17, 15) is 24.3 Å². The zero-order valence-electron chi connectivity index (χ0n) is 26.5. The quantitative estimate of drug-likeness (QED) is 0.214. The molecular formula is C36H38N6O5. The summed E-state index contributed by atoms with van der Waals surface area (Å²) < 4.78 is 1.90. The van der Waals surface area contributed by atoms with E-state index in [1.54, 1.807) is 56.4 Å². The van der Waals surface area contributed by atoms with E-state index in [4.69, 9.17) is 0 Å². The van der Waals surface area contributed by atoms with Crippen LogP contribution in [-0.2, 0) is 36.1 Å². The van der Waals surface area contributed by atoms with Crippen molar-refractivity contribution in [1.82, 2.24) is 29.7 Å². The molecule has 0 aliphatic carbocycles. The first kappa shape index (κ1) is 31.6. The van der Waals surface area contributed by atoms with Gasteiger partial charge >= 0.3 is 6.03 Å². The Hall–Kier alpha value is -5.42. The molecule has 6 rings (SSSR count). The maximum Gasteiger partial charge on any atom is 0.334 e. The van der Waals surface area contributed by atoms with Crippen LogP contribution in [0.3, 0.4) is 0 Å². The Morgan fingerprint density at radius 2 is 1.74 bits per heavy atom. The van der Waals surface area contributed by atoms with E-state index >= 15 is 0 Å². The van der Waals surface area contributed by atoms with Crippen molar-refractivity contribution in [2.75, 3.05) is 19.6 Å². The number of Topliss-reactive ketones (excluding diaryl/α,β-unsaturated/α-hetero) is 1. The summed E-state index contributed by atoms with van der Waals surface area (Å²) in [6, 6.07) is 20.5. The van der Waals surface area contributed by atoms with Crippen LogP contribution < -0.4 is 5.32 Å². The third-order valence-corrected chi connectivity index (χ3v) is 8.86. The van der Waals surface area contributed by atoms with Crippen molar-refractivity contribution in [2.24, 2.45) is 7.05 Å². The van der Waals surface area contributed by atoms with Crippen molar-refractivity contribution < 1.29 is 24.3 Å². The first-order valence-corrected chi connectivity index (χ1v) is 15.6. The molecule has 4 amide bonds. The molecule has 2 N–H and O–H groups in total. The number of hydrogen-bond acceptors (Lipinski definition) is 6. The zero-order chi connectivity index (χ0) is 33.2.